The van der Waals surface area contributed by atoms with Gasteiger partial charge in [0.25, 0.3) is 0 Å². The van der Waals surface area contributed by atoms with E-state index in [2.05, 4.69) is 15.0 Å². The zero-order valence-corrected chi connectivity index (χ0v) is 15.3. The summed E-state index contributed by atoms with van der Waals surface area (Å²) in [6.07, 6.45) is 0.918. The van der Waals surface area contributed by atoms with E-state index < -0.39 is 6.36 Å². The van der Waals surface area contributed by atoms with Crippen LogP contribution in [0.3, 0.4) is 0 Å². The summed E-state index contributed by atoms with van der Waals surface area (Å²) >= 11 is 0. The summed E-state index contributed by atoms with van der Waals surface area (Å²) in [6, 6.07) is 9.69. The molecule has 0 saturated carbocycles. The van der Waals surface area contributed by atoms with Gasteiger partial charge in [-0.2, -0.15) is 0 Å². The summed E-state index contributed by atoms with van der Waals surface area (Å²) in [4.78, 5) is 18.0. The van der Waals surface area contributed by atoms with Gasteiger partial charge in [-0.1, -0.05) is 12.1 Å². The van der Waals surface area contributed by atoms with E-state index in [1.54, 1.807) is 24.5 Å². The molecule has 28 heavy (non-hydrogen) atoms. The van der Waals surface area contributed by atoms with Gasteiger partial charge in [-0.05, 0) is 54.8 Å². The molecule has 1 atom stereocenters. The summed E-state index contributed by atoms with van der Waals surface area (Å²) in [5.74, 6) is -0.185. The van der Waals surface area contributed by atoms with Crippen molar-refractivity contribution < 1.29 is 22.7 Å². The number of hydrogen-bond donors (Lipinski definition) is 1. The van der Waals surface area contributed by atoms with Gasteiger partial charge in [0.1, 0.15) is 5.75 Å². The van der Waals surface area contributed by atoms with Gasteiger partial charge < -0.3 is 15.0 Å². The van der Waals surface area contributed by atoms with E-state index in [1.807, 2.05) is 17.0 Å². The smallest absolute Gasteiger partial charge is 0.406 e. The molecule has 150 valence electrons. The van der Waals surface area contributed by atoms with Gasteiger partial charge in [0.05, 0.1) is 0 Å². The quantitative estimate of drug-likeness (QED) is 0.696. The van der Waals surface area contributed by atoms with Crippen molar-refractivity contribution in [2.75, 3.05) is 6.54 Å². The second kappa shape index (κ2) is 9.05. The highest BCUT2D eigenvalue weighted by atomic mass is 19.4. The van der Waals surface area contributed by atoms with E-state index in [-0.39, 0.29) is 17.7 Å². The van der Waals surface area contributed by atoms with Crippen LogP contribution in [0.1, 0.15) is 30.4 Å². The van der Waals surface area contributed by atoms with Crippen LogP contribution in [0.25, 0.3) is 0 Å². The van der Waals surface area contributed by atoms with Crippen LogP contribution in [0.4, 0.5) is 13.2 Å². The van der Waals surface area contributed by atoms with Crippen molar-refractivity contribution in [1.29, 1.82) is 0 Å². The largest absolute Gasteiger partial charge is 0.573 e. The first kappa shape index (κ1) is 20.1. The fourth-order valence-corrected chi connectivity index (χ4v) is 3.31. The fraction of sp³-hybridized carbons (Fsp3) is 0.400. The highest BCUT2D eigenvalue weighted by molar-refractivity contribution is 5.78. The van der Waals surface area contributed by atoms with Crippen molar-refractivity contribution in [2.45, 2.75) is 44.8 Å². The number of nitrogens with one attached hydrogen (secondary N) is 1. The van der Waals surface area contributed by atoms with Gasteiger partial charge in [0.15, 0.2) is 0 Å². The van der Waals surface area contributed by atoms with Crippen molar-refractivity contribution in [3.63, 3.8) is 0 Å². The molecule has 0 unspecified atom stereocenters. The summed E-state index contributed by atoms with van der Waals surface area (Å²) in [5.41, 5.74) is 1.93. The highest BCUT2D eigenvalue weighted by Gasteiger charge is 2.32. The van der Waals surface area contributed by atoms with Crippen LogP contribution in [0, 0.1) is 0 Å². The number of pyridine rings is 1. The first-order chi connectivity index (χ1) is 13.4. The zero-order chi connectivity index (χ0) is 20.0. The minimum Gasteiger partial charge on any atom is -0.406 e. The number of alkyl halides is 3. The Balaban J connectivity index is 1.49. The predicted molar refractivity (Wildman–Crippen MR) is 97.3 cm³/mol. The normalized spacial score (nSPS) is 17.2. The number of amides is 1. The van der Waals surface area contributed by atoms with Crippen LogP contribution in [-0.4, -0.2) is 34.7 Å². The first-order valence-electron chi connectivity index (χ1n) is 9.14. The number of halogens is 3. The zero-order valence-electron chi connectivity index (χ0n) is 15.3. The summed E-state index contributed by atoms with van der Waals surface area (Å²) in [7, 11) is 0. The molecular formula is C20H22F3N3O2. The maximum atomic E-state index is 12.2. The Morgan fingerprint density at radius 1 is 1.11 bits per heavy atom. The predicted octanol–water partition coefficient (Wildman–Crippen LogP) is 3.65. The molecule has 1 saturated heterocycles. The van der Waals surface area contributed by atoms with E-state index in [9.17, 15) is 18.0 Å². The lowest BCUT2D eigenvalue weighted by molar-refractivity contribution is -0.274. The molecule has 1 fully saturated rings. The lowest BCUT2D eigenvalue weighted by atomic mass is 10.1. The molecule has 0 radical (unpaired) electrons. The van der Waals surface area contributed by atoms with Crippen LogP contribution in [0.15, 0.2) is 48.8 Å². The average Bonchev–Trinajstić information content (AvgIpc) is 3.00. The first-order valence-corrected chi connectivity index (χ1v) is 9.14. The molecule has 5 nitrogen and oxygen atoms in total. The van der Waals surface area contributed by atoms with E-state index >= 15 is 0 Å². The van der Waals surface area contributed by atoms with Gasteiger partial charge >= 0.3 is 6.36 Å². The molecule has 1 aliphatic rings. The molecular weight excluding hydrogens is 371 g/mol. The van der Waals surface area contributed by atoms with E-state index in [4.69, 9.17) is 0 Å². The molecule has 2 aromatic rings. The Morgan fingerprint density at radius 3 is 2.50 bits per heavy atom. The number of rotatable bonds is 8. The van der Waals surface area contributed by atoms with Crippen molar-refractivity contribution in [2.24, 2.45) is 0 Å². The topological polar surface area (TPSA) is 54.5 Å². The van der Waals surface area contributed by atoms with Crippen LogP contribution in [0.2, 0.25) is 0 Å². The minimum atomic E-state index is -4.71. The Morgan fingerprint density at radius 2 is 1.82 bits per heavy atom. The second-order valence-corrected chi connectivity index (χ2v) is 6.73. The third-order valence-corrected chi connectivity index (χ3v) is 4.70. The molecule has 1 aliphatic heterocycles. The Labute approximate surface area is 161 Å². The van der Waals surface area contributed by atoms with Crippen molar-refractivity contribution in [1.82, 2.24) is 15.2 Å². The molecule has 0 bridgehead atoms. The Hall–Kier alpha value is -2.61. The summed E-state index contributed by atoms with van der Waals surface area (Å²) in [5, 5.41) is 3.37. The number of ether oxygens (including phenoxy) is 1. The monoisotopic (exact) mass is 393 g/mol. The molecule has 1 N–H and O–H groups in total. The summed E-state index contributed by atoms with van der Waals surface area (Å²) < 4.78 is 40.6. The molecule has 1 aromatic carbocycles. The van der Waals surface area contributed by atoms with Crippen molar-refractivity contribution >= 4 is 5.91 Å². The third kappa shape index (κ3) is 5.95. The van der Waals surface area contributed by atoms with E-state index in [0.717, 1.165) is 37.1 Å². The Bertz CT molecular complexity index is 767. The Kier molecular flexibility index (Phi) is 6.51. The highest BCUT2D eigenvalue weighted by Crippen LogP contribution is 2.26. The van der Waals surface area contributed by atoms with Gasteiger partial charge in [-0.3, -0.25) is 9.78 Å². The van der Waals surface area contributed by atoms with Crippen LogP contribution in [0.5, 0.6) is 5.75 Å². The molecule has 0 spiro atoms. The second-order valence-electron chi connectivity index (χ2n) is 6.73. The third-order valence-electron chi connectivity index (χ3n) is 4.70. The summed E-state index contributed by atoms with van der Waals surface area (Å²) in [6.45, 7) is 1.90. The van der Waals surface area contributed by atoms with Gasteiger partial charge in [-0.25, -0.2) is 0 Å². The van der Waals surface area contributed by atoms with Gasteiger partial charge in [-0.15, -0.1) is 13.2 Å². The molecule has 0 aliphatic carbocycles. The SMILES string of the molecule is O=C1CC[C@@H](CCNCc2ccncc2)N1Cc1ccc(OC(F)(F)F)cc1. The standard InChI is InChI=1S/C20H22F3N3O2/c21-20(22,23)28-18-4-1-16(2-5-18)14-26-17(3-6-19(26)27)9-12-25-13-15-7-10-24-11-8-15/h1-2,4-5,7-8,10-11,17,25H,3,6,9,12-14H2/t17-/m0/s1. The number of hydrogen-bond acceptors (Lipinski definition) is 4. The molecule has 3 rings (SSSR count). The minimum absolute atomic E-state index is 0.0785. The lowest BCUT2D eigenvalue weighted by Gasteiger charge is -2.25. The van der Waals surface area contributed by atoms with E-state index in [1.165, 1.54) is 12.1 Å². The van der Waals surface area contributed by atoms with Crippen LogP contribution < -0.4 is 10.1 Å². The van der Waals surface area contributed by atoms with Crippen LogP contribution >= 0.6 is 0 Å². The van der Waals surface area contributed by atoms with Crippen LogP contribution in [-0.2, 0) is 17.9 Å². The maximum Gasteiger partial charge on any atom is 0.573 e. The van der Waals surface area contributed by atoms with E-state index in [0.29, 0.717) is 13.0 Å². The number of carbonyl (C=O) groups excluding carboxylic acids is 1. The number of nitrogens with zero attached hydrogens (tertiary/aromatic N) is 2. The number of likely N-dealkylation sites (tertiary alicyclic amines) is 1. The van der Waals surface area contributed by atoms with Crippen molar-refractivity contribution in [3.8, 4) is 5.75 Å². The maximum absolute atomic E-state index is 12.2. The average molecular weight is 393 g/mol. The molecule has 8 heteroatoms. The number of carbonyl (C=O) groups is 1. The lowest BCUT2D eigenvalue weighted by Crippen LogP contribution is -2.34. The molecule has 2 heterocycles. The number of benzene rings is 1. The molecule has 1 amide bonds. The fourth-order valence-electron chi connectivity index (χ4n) is 3.31. The van der Waals surface area contributed by atoms with Gasteiger partial charge in [0.2, 0.25) is 5.91 Å². The number of aromatic nitrogens is 1. The molecule has 1 aromatic heterocycles. The van der Waals surface area contributed by atoms with Crippen molar-refractivity contribution in [3.05, 3.63) is 59.9 Å². The van der Waals surface area contributed by atoms with Gasteiger partial charge in [0, 0.05) is 37.9 Å².